The number of hydrogen-bond donors (Lipinski definition) is 2. The molecule has 0 aliphatic rings. The van der Waals surface area contributed by atoms with E-state index in [2.05, 4.69) is 10.1 Å². The van der Waals surface area contributed by atoms with E-state index >= 15 is 0 Å². The zero-order valence-electron chi connectivity index (χ0n) is 9.75. The van der Waals surface area contributed by atoms with Gasteiger partial charge in [0, 0.05) is 24.4 Å². The van der Waals surface area contributed by atoms with Crippen LogP contribution in [0.2, 0.25) is 0 Å². The second kappa shape index (κ2) is 4.29. The van der Waals surface area contributed by atoms with Crippen molar-refractivity contribution in [3.8, 4) is 11.3 Å². The van der Waals surface area contributed by atoms with Crippen molar-refractivity contribution in [3.05, 3.63) is 41.9 Å². The lowest BCUT2D eigenvalue weighted by atomic mass is 10.1. The Bertz CT molecular complexity index is 552. The Hall–Kier alpha value is -2.30. The van der Waals surface area contributed by atoms with Gasteiger partial charge in [-0.3, -0.25) is 0 Å². The minimum absolute atomic E-state index is 0.0968. The molecule has 1 aromatic carbocycles. The van der Waals surface area contributed by atoms with E-state index in [1.807, 2.05) is 42.9 Å². The van der Waals surface area contributed by atoms with Crippen molar-refractivity contribution in [2.24, 2.45) is 17.9 Å². The maximum Gasteiger partial charge on any atom is 0.170 e. The minimum Gasteiger partial charge on any atom is -0.409 e. The summed E-state index contributed by atoms with van der Waals surface area (Å²) in [6.07, 6.45) is 1.95. The van der Waals surface area contributed by atoms with Gasteiger partial charge >= 0.3 is 0 Å². The first-order valence-corrected chi connectivity index (χ1v) is 5.20. The molecule has 3 N–H and O–H groups in total. The van der Waals surface area contributed by atoms with Gasteiger partial charge in [-0.2, -0.15) is 0 Å². The molecule has 17 heavy (non-hydrogen) atoms. The maximum atomic E-state index is 8.64. The molecule has 88 valence electrons. The third-order valence-corrected chi connectivity index (χ3v) is 2.67. The van der Waals surface area contributed by atoms with Crippen LogP contribution in [0.25, 0.3) is 11.3 Å². The number of imidazole rings is 1. The van der Waals surface area contributed by atoms with E-state index in [1.165, 1.54) is 0 Å². The summed E-state index contributed by atoms with van der Waals surface area (Å²) in [6.45, 7) is 1.94. The molecule has 2 aromatic rings. The molecule has 0 spiro atoms. The van der Waals surface area contributed by atoms with Crippen LogP contribution >= 0.6 is 0 Å². The van der Waals surface area contributed by atoms with Crippen LogP contribution in [0, 0.1) is 6.92 Å². The first-order chi connectivity index (χ1) is 8.11. The van der Waals surface area contributed by atoms with Crippen molar-refractivity contribution in [1.29, 1.82) is 0 Å². The summed E-state index contributed by atoms with van der Waals surface area (Å²) in [5.41, 5.74) is 8.04. The van der Waals surface area contributed by atoms with Gasteiger partial charge in [0.25, 0.3) is 0 Å². The molecule has 1 aromatic heterocycles. The van der Waals surface area contributed by atoms with E-state index in [-0.39, 0.29) is 5.84 Å². The lowest BCUT2D eigenvalue weighted by molar-refractivity contribution is 0.318. The van der Waals surface area contributed by atoms with Crippen LogP contribution < -0.4 is 5.73 Å². The molecule has 0 fully saturated rings. The highest BCUT2D eigenvalue weighted by atomic mass is 16.4. The summed E-state index contributed by atoms with van der Waals surface area (Å²) >= 11 is 0. The summed E-state index contributed by atoms with van der Waals surface area (Å²) in [5, 5.41) is 11.6. The third kappa shape index (κ3) is 2.13. The third-order valence-electron chi connectivity index (χ3n) is 2.67. The molecule has 5 heteroatoms. The van der Waals surface area contributed by atoms with Gasteiger partial charge in [0.1, 0.15) is 5.82 Å². The van der Waals surface area contributed by atoms with E-state index in [0.29, 0.717) is 5.56 Å². The fraction of sp³-hybridized carbons (Fsp3) is 0.167. The molecule has 0 saturated heterocycles. The van der Waals surface area contributed by atoms with Gasteiger partial charge in [-0.15, -0.1) is 0 Å². The lowest BCUT2D eigenvalue weighted by Crippen LogP contribution is -2.12. The molecule has 0 aliphatic heterocycles. The normalized spacial score (nSPS) is 11.8. The van der Waals surface area contributed by atoms with Crippen molar-refractivity contribution < 1.29 is 5.21 Å². The predicted molar refractivity (Wildman–Crippen MR) is 65.9 cm³/mol. The minimum atomic E-state index is 0.0968. The number of hydrogen-bond acceptors (Lipinski definition) is 3. The molecule has 0 bridgehead atoms. The summed E-state index contributed by atoms with van der Waals surface area (Å²) in [6, 6.07) is 7.42. The molecule has 0 radical (unpaired) electrons. The Morgan fingerprint density at radius 3 is 2.82 bits per heavy atom. The Morgan fingerprint density at radius 1 is 1.47 bits per heavy atom. The van der Waals surface area contributed by atoms with Crippen molar-refractivity contribution >= 4 is 5.84 Å². The van der Waals surface area contributed by atoms with Crippen LogP contribution in [0.4, 0.5) is 0 Å². The zero-order valence-corrected chi connectivity index (χ0v) is 9.75. The summed E-state index contributed by atoms with van der Waals surface area (Å²) in [7, 11) is 1.94. The van der Waals surface area contributed by atoms with Crippen LogP contribution in [-0.2, 0) is 7.05 Å². The molecule has 0 amide bonds. The highest BCUT2D eigenvalue weighted by Crippen LogP contribution is 2.19. The van der Waals surface area contributed by atoms with E-state index < -0.39 is 0 Å². The standard InChI is InChI=1S/C12H14N4O/c1-8-14-11(7-16(8)2)9-4-3-5-10(6-9)12(13)15-17/h3-7,17H,1-2H3,(H2,13,15). The topological polar surface area (TPSA) is 76.4 Å². The molecule has 0 aliphatic carbocycles. The maximum absolute atomic E-state index is 8.64. The Balaban J connectivity index is 2.46. The number of aryl methyl sites for hydroxylation is 2. The highest BCUT2D eigenvalue weighted by molar-refractivity contribution is 5.97. The predicted octanol–water partition coefficient (Wildman–Crippen LogP) is 1.49. The molecule has 2 rings (SSSR count). The monoisotopic (exact) mass is 230 g/mol. The van der Waals surface area contributed by atoms with E-state index in [4.69, 9.17) is 10.9 Å². The number of nitrogens with zero attached hydrogens (tertiary/aromatic N) is 3. The molecule has 0 unspecified atom stereocenters. The Kier molecular flexibility index (Phi) is 2.82. The van der Waals surface area contributed by atoms with Crippen molar-refractivity contribution in [1.82, 2.24) is 9.55 Å². The molecule has 0 saturated carbocycles. The highest BCUT2D eigenvalue weighted by Gasteiger charge is 2.06. The van der Waals surface area contributed by atoms with Crippen LogP contribution in [0.1, 0.15) is 11.4 Å². The SMILES string of the molecule is Cc1nc(-c2cccc(/C(N)=N/O)c2)cn1C. The van der Waals surface area contributed by atoms with Gasteiger partial charge in [-0.25, -0.2) is 4.98 Å². The lowest BCUT2D eigenvalue weighted by Gasteiger charge is -2.01. The van der Waals surface area contributed by atoms with Gasteiger partial charge in [-0.05, 0) is 13.0 Å². The first kappa shape index (κ1) is 11.2. The van der Waals surface area contributed by atoms with E-state index in [0.717, 1.165) is 17.1 Å². The summed E-state index contributed by atoms with van der Waals surface area (Å²) in [4.78, 5) is 4.43. The Labute approximate surface area is 99.2 Å². The average Bonchev–Trinajstić information content (AvgIpc) is 2.69. The van der Waals surface area contributed by atoms with Crippen LogP contribution in [0.15, 0.2) is 35.6 Å². The molecule has 1 heterocycles. The van der Waals surface area contributed by atoms with Crippen LogP contribution in [-0.4, -0.2) is 20.6 Å². The zero-order chi connectivity index (χ0) is 12.4. The number of nitrogens with two attached hydrogens (primary N) is 1. The largest absolute Gasteiger partial charge is 0.409 e. The molecule has 0 atom stereocenters. The van der Waals surface area contributed by atoms with Gasteiger partial charge in [-0.1, -0.05) is 23.4 Å². The second-order valence-corrected chi connectivity index (χ2v) is 3.85. The number of aromatic nitrogens is 2. The summed E-state index contributed by atoms with van der Waals surface area (Å²) < 4.78 is 1.95. The van der Waals surface area contributed by atoms with Gasteiger partial charge < -0.3 is 15.5 Å². The summed E-state index contributed by atoms with van der Waals surface area (Å²) in [5.74, 6) is 1.04. The quantitative estimate of drug-likeness (QED) is 0.355. The van der Waals surface area contributed by atoms with E-state index in [9.17, 15) is 0 Å². The van der Waals surface area contributed by atoms with Crippen molar-refractivity contribution in [2.75, 3.05) is 0 Å². The van der Waals surface area contributed by atoms with Gasteiger partial charge in [0.2, 0.25) is 0 Å². The van der Waals surface area contributed by atoms with Gasteiger partial charge in [0.15, 0.2) is 5.84 Å². The molecule has 5 nitrogen and oxygen atoms in total. The van der Waals surface area contributed by atoms with Crippen LogP contribution in [0.3, 0.4) is 0 Å². The number of amidine groups is 1. The van der Waals surface area contributed by atoms with E-state index in [1.54, 1.807) is 6.07 Å². The average molecular weight is 230 g/mol. The van der Waals surface area contributed by atoms with Crippen LogP contribution in [0.5, 0.6) is 0 Å². The fourth-order valence-corrected chi connectivity index (χ4v) is 1.59. The first-order valence-electron chi connectivity index (χ1n) is 5.20. The second-order valence-electron chi connectivity index (χ2n) is 3.85. The Morgan fingerprint density at radius 2 is 2.24 bits per heavy atom. The van der Waals surface area contributed by atoms with Crippen molar-refractivity contribution in [2.45, 2.75) is 6.92 Å². The number of rotatable bonds is 2. The number of oxime groups is 1. The molecular weight excluding hydrogens is 216 g/mol. The smallest absolute Gasteiger partial charge is 0.170 e. The fourth-order valence-electron chi connectivity index (χ4n) is 1.59. The number of benzene rings is 1. The molecular formula is C12H14N4O. The van der Waals surface area contributed by atoms with Crippen molar-refractivity contribution in [3.63, 3.8) is 0 Å². The van der Waals surface area contributed by atoms with Gasteiger partial charge in [0.05, 0.1) is 5.69 Å².